The number of anilines is 2. The van der Waals surface area contributed by atoms with Crippen LogP contribution in [0.3, 0.4) is 0 Å². The van der Waals surface area contributed by atoms with Crippen LogP contribution in [0, 0.1) is 0 Å². The third-order valence-corrected chi connectivity index (χ3v) is 11.1. The zero-order valence-corrected chi connectivity index (χ0v) is 17.5. The average Bonchev–Trinajstić information content (AvgIpc) is 3.15. The van der Waals surface area contributed by atoms with Crippen molar-refractivity contribution in [1.29, 1.82) is 0 Å². The molecule has 2 aliphatic heterocycles. The van der Waals surface area contributed by atoms with Crippen molar-refractivity contribution >= 4 is 29.8 Å². The minimum atomic E-state index is -1.68. The maximum absolute atomic E-state index is 6.59. The van der Waals surface area contributed by atoms with Gasteiger partial charge in [0.1, 0.15) is 5.00 Å². The Morgan fingerprint density at radius 1 is 1.21 bits per heavy atom. The molecule has 1 aromatic rings. The molecule has 3 rings (SSSR count). The summed E-state index contributed by atoms with van der Waals surface area (Å²) in [6.45, 7) is 17.2. The van der Waals surface area contributed by atoms with E-state index in [1.165, 1.54) is 5.00 Å². The predicted octanol–water partition coefficient (Wildman–Crippen LogP) is 3.58. The molecule has 1 aromatic heterocycles. The van der Waals surface area contributed by atoms with Gasteiger partial charge < -0.3 is 19.0 Å². The highest BCUT2D eigenvalue weighted by Crippen LogP contribution is 2.39. The highest BCUT2D eigenvalue weighted by Gasteiger charge is 2.40. The van der Waals surface area contributed by atoms with Crippen LogP contribution in [-0.2, 0) is 9.16 Å². The number of morpholine rings is 1. The van der Waals surface area contributed by atoms with E-state index in [0.29, 0.717) is 6.10 Å². The summed E-state index contributed by atoms with van der Waals surface area (Å²) >= 11 is 1.80. The number of thiazole rings is 1. The van der Waals surface area contributed by atoms with Gasteiger partial charge in [0.2, 0.25) is 0 Å². The molecule has 5 nitrogen and oxygen atoms in total. The first-order valence-electron chi connectivity index (χ1n) is 8.97. The molecular weight excluding hydrogens is 338 g/mol. The standard InChI is InChI=1S/C17H31N3O2SSi/c1-17(2,3)24(4,5)22-14-6-7-20(13-14)15-12-18-16(23-15)19-8-10-21-11-9-19/h12,14H,6-11,13H2,1-5H3. The maximum Gasteiger partial charge on any atom is 0.192 e. The van der Waals surface area contributed by atoms with Crippen molar-refractivity contribution in [2.45, 2.75) is 51.4 Å². The van der Waals surface area contributed by atoms with Crippen LogP contribution in [0.5, 0.6) is 0 Å². The third-order valence-electron chi connectivity index (χ3n) is 5.49. The zero-order chi connectivity index (χ0) is 17.4. The topological polar surface area (TPSA) is 37.8 Å². The first kappa shape index (κ1) is 18.2. The van der Waals surface area contributed by atoms with E-state index >= 15 is 0 Å². The van der Waals surface area contributed by atoms with Crippen molar-refractivity contribution in [1.82, 2.24) is 4.98 Å². The quantitative estimate of drug-likeness (QED) is 0.759. The molecule has 0 aliphatic carbocycles. The Hall–Kier alpha value is -0.633. The largest absolute Gasteiger partial charge is 0.412 e. The summed E-state index contributed by atoms with van der Waals surface area (Å²) in [5.41, 5.74) is 0. The maximum atomic E-state index is 6.59. The Morgan fingerprint density at radius 3 is 2.58 bits per heavy atom. The molecular formula is C17H31N3O2SSi. The van der Waals surface area contributed by atoms with Crippen LogP contribution in [0.4, 0.5) is 10.1 Å². The zero-order valence-electron chi connectivity index (χ0n) is 15.7. The van der Waals surface area contributed by atoms with Crippen molar-refractivity contribution in [3.05, 3.63) is 6.20 Å². The molecule has 0 aromatic carbocycles. The van der Waals surface area contributed by atoms with Gasteiger partial charge in [-0.2, -0.15) is 0 Å². The van der Waals surface area contributed by atoms with Crippen molar-refractivity contribution in [3.63, 3.8) is 0 Å². The molecule has 0 amide bonds. The molecule has 2 fully saturated rings. The summed E-state index contributed by atoms with van der Waals surface area (Å²) in [6, 6.07) is 0. The first-order valence-corrected chi connectivity index (χ1v) is 12.7. The molecule has 1 atom stereocenters. The monoisotopic (exact) mass is 369 g/mol. The van der Waals surface area contributed by atoms with Gasteiger partial charge in [0.25, 0.3) is 0 Å². The second-order valence-corrected chi connectivity index (χ2v) is 14.1. The molecule has 0 saturated carbocycles. The molecule has 2 saturated heterocycles. The minimum absolute atomic E-state index is 0.272. The summed E-state index contributed by atoms with van der Waals surface area (Å²) < 4.78 is 12.0. The number of hydrogen-bond acceptors (Lipinski definition) is 6. The van der Waals surface area contributed by atoms with Crippen molar-refractivity contribution < 1.29 is 9.16 Å². The number of nitrogens with zero attached hydrogens (tertiary/aromatic N) is 3. The van der Waals surface area contributed by atoms with Crippen LogP contribution in [0.15, 0.2) is 6.20 Å². The molecule has 1 unspecified atom stereocenters. The lowest BCUT2D eigenvalue weighted by Crippen LogP contribution is -2.44. The van der Waals surface area contributed by atoms with Crippen LogP contribution in [0.2, 0.25) is 18.1 Å². The van der Waals surface area contributed by atoms with E-state index in [0.717, 1.165) is 50.9 Å². The van der Waals surface area contributed by atoms with Crippen molar-refractivity contribution in [2.75, 3.05) is 49.2 Å². The van der Waals surface area contributed by atoms with Crippen LogP contribution in [0.1, 0.15) is 27.2 Å². The van der Waals surface area contributed by atoms with Gasteiger partial charge in [-0.3, -0.25) is 0 Å². The summed E-state index contributed by atoms with van der Waals surface area (Å²) in [6.07, 6.45) is 3.52. The van der Waals surface area contributed by atoms with Crippen LogP contribution in [0.25, 0.3) is 0 Å². The average molecular weight is 370 g/mol. The summed E-state index contributed by atoms with van der Waals surface area (Å²) in [4.78, 5) is 9.41. The number of ether oxygens (including phenoxy) is 1. The number of hydrogen-bond donors (Lipinski definition) is 0. The van der Waals surface area contributed by atoms with E-state index in [9.17, 15) is 0 Å². The Balaban J connectivity index is 1.59. The Bertz CT molecular complexity index is 552. The number of aromatic nitrogens is 1. The van der Waals surface area contributed by atoms with Gasteiger partial charge in [-0.25, -0.2) is 4.98 Å². The lowest BCUT2D eigenvalue weighted by atomic mass is 10.2. The number of rotatable bonds is 4. The SMILES string of the molecule is CC(C)(C)[Si](C)(C)OC1CCN(c2cnc(N3CCOCC3)s2)C1. The van der Waals surface area contributed by atoms with Crippen LogP contribution < -0.4 is 9.80 Å². The molecule has 7 heteroatoms. The van der Waals surface area contributed by atoms with E-state index in [2.05, 4.69) is 48.6 Å². The Labute approximate surface area is 151 Å². The van der Waals surface area contributed by atoms with Crippen molar-refractivity contribution in [2.24, 2.45) is 0 Å². The van der Waals surface area contributed by atoms with Gasteiger partial charge in [-0.1, -0.05) is 32.1 Å². The lowest BCUT2D eigenvalue weighted by molar-refractivity contribution is 0.122. The van der Waals surface area contributed by atoms with Crippen LogP contribution >= 0.6 is 11.3 Å². The smallest absolute Gasteiger partial charge is 0.192 e. The molecule has 3 heterocycles. The summed E-state index contributed by atoms with van der Waals surface area (Å²) in [5.74, 6) is 0. The van der Waals surface area contributed by atoms with Gasteiger partial charge in [-0.15, -0.1) is 0 Å². The first-order chi connectivity index (χ1) is 11.3. The molecule has 0 N–H and O–H groups in total. The molecule has 2 aliphatic rings. The second kappa shape index (κ2) is 6.94. The molecule has 24 heavy (non-hydrogen) atoms. The normalized spacial score (nSPS) is 23.1. The molecule has 136 valence electrons. The molecule has 0 bridgehead atoms. The van der Waals surface area contributed by atoms with E-state index in [-0.39, 0.29) is 5.04 Å². The van der Waals surface area contributed by atoms with E-state index < -0.39 is 8.32 Å². The fourth-order valence-corrected chi connectivity index (χ4v) is 5.31. The lowest BCUT2D eigenvalue weighted by Gasteiger charge is -2.38. The predicted molar refractivity (Wildman–Crippen MR) is 104 cm³/mol. The van der Waals surface area contributed by atoms with E-state index in [1.54, 1.807) is 11.3 Å². The van der Waals surface area contributed by atoms with Gasteiger partial charge in [0, 0.05) is 26.2 Å². The minimum Gasteiger partial charge on any atom is -0.412 e. The van der Waals surface area contributed by atoms with Gasteiger partial charge in [0.05, 0.1) is 25.5 Å². The Morgan fingerprint density at radius 2 is 1.92 bits per heavy atom. The van der Waals surface area contributed by atoms with Crippen LogP contribution in [-0.4, -0.2) is 58.8 Å². The van der Waals surface area contributed by atoms with Gasteiger partial charge in [-0.05, 0) is 24.6 Å². The third kappa shape index (κ3) is 3.95. The molecule has 0 radical (unpaired) electrons. The highest BCUT2D eigenvalue weighted by atomic mass is 32.1. The second-order valence-electron chi connectivity index (χ2n) is 8.32. The van der Waals surface area contributed by atoms with Gasteiger partial charge >= 0.3 is 0 Å². The van der Waals surface area contributed by atoms with Gasteiger partial charge in [0.15, 0.2) is 13.4 Å². The molecule has 0 spiro atoms. The summed E-state index contributed by atoms with van der Waals surface area (Å²) in [7, 11) is -1.68. The van der Waals surface area contributed by atoms with Crippen molar-refractivity contribution in [3.8, 4) is 0 Å². The Kier molecular flexibility index (Phi) is 5.25. The summed E-state index contributed by atoms with van der Waals surface area (Å²) in [5, 5.41) is 2.67. The fraction of sp³-hybridized carbons (Fsp3) is 0.824. The van der Waals surface area contributed by atoms with E-state index in [1.807, 2.05) is 6.20 Å². The highest BCUT2D eigenvalue weighted by molar-refractivity contribution is 7.19. The fourth-order valence-electron chi connectivity index (χ4n) is 2.92. The van der Waals surface area contributed by atoms with E-state index in [4.69, 9.17) is 9.16 Å².